The van der Waals surface area contributed by atoms with Crippen LogP contribution in [-0.4, -0.2) is 43.9 Å². The van der Waals surface area contributed by atoms with E-state index in [1.165, 1.54) is 43.0 Å². The second-order valence-corrected chi connectivity index (χ2v) is 10.4. The van der Waals surface area contributed by atoms with E-state index >= 15 is 0 Å². The lowest BCUT2D eigenvalue weighted by Crippen LogP contribution is -2.49. The maximum absolute atomic E-state index is 13.9. The summed E-state index contributed by atoms with van der Waals surface area (Å²) in [5.41, 5.74) is 4.84. The van der Waals surface area contributed by atoms with Gasteiger partial charge in [0.25, 0.3) is 0 Å². The molecule has 0 aliphatic heterocycles. The van der Waals surface area contributed by atoms with Gasteiger partial charge in [-0.25, -0.2) is 8.78 Å². The first kappa shape index (κ1) is 29.5. The molecule has 0 saturated carbocycles. The third-order valence-electron chi connectivity index (χ3n) is 7.47. The molecule has 0 heterocycles. The molecule has 3 aromatic rings. The molecule has 0 bridgehead atoms. The lowest BCUT2D eigenvalue weighted by molar-refractivity contribution is -0.122. The van der Waals surface area contributed by atoms with Crippen LogP contribution in [0.15, 0.2) is 54.6 Å². The number of fused-ring (bicyclic) bond motifs is 1. The minimum atomic E-state index is -1.00. The molecule has 0 radical (unpaired) electrons. The SMILES string of the molecule is CCc1ccc2c(c1)C(NCC(O)C(Cc1cc(F)cc(F)c1)NC(=O)Cc1cc(OC)cc(OC)c1)CCC2. The highest BCUT2D eigenvalue weighted by Gasteiger charge is 2.26. The molecular formula is C32H38F2N2O4. The van der Waals surface area contributed by atoms with Crippen LogP contribution in [0.1, 0.15) is 53.6 Å². The lowest BCUT2D eigenvalue weighted by atomic mass is 9.86. The molecule has 1 aliphatic carbocycles. The molecule has 3 unspecified atom stereocenters. The first-order chi connectivity index (χ1) is 19.3. The summed E-state index contributed by atoms with van der Waals surface area (Å²) in [4.78, 5) is 13.1. The first-order valence-electron chi connectivity index (χ1n) is 13.8. The monoisotopic (exact) mass is 552 g/mol. The number of aryl methyl sites for hydroxylation is 2. The van der Waals surface area contributed by atoms with E-state index in [-0.39, 0.29) is 31.3 Å². The summed E-state index contributed by atoms with van der Waals surface area (Å²) in [6, 6.07) is 14.3. The predicted molar refractivity (Wildman–Crippen MR) is 151 cm³/mol. The van der Waals surface area contributed by atoms with E-state index in [2.05, 4.69) is 35.8 Å². The van der Waals surface area contributed by atoms with Gasteiger partial charge < -0.3 is 25.2 Å². The Kier molecular flexibility index (Phi) is 10.1. The Bertz CT molecular complexity index is 1270. The standard InChI is InChI=1S/C32H38F2N2O4/c1-4-20-8-9-23-6-5-7-29(28(23)14-20)35-19-31(37)30(15-21-10-24(33)17-25(34)11-21)36-32(38)16-22-12-26(39-2)18-27(13-22)40-3/h8-14,17-18,29-31,35,37H,4-7,15-16,19H2,1-3H3,(H,36,38). The first-order valence-corrected chi connectivity index (χ1v) is 13.8. The zero-order chi connectivity index (χ0) is 28.6. The van der Waals surface area contributed by atoms with E-state index in [9.17, 15) is 18.7 Å². The molecule has 6 nitrogen and oxygen atoms in total. The van der Waals surface area contributed by atoms with Crippen LogP contribution < -0.4 is 20.1 Å². The van der Waals surface area contributed by atoms with Gasteiger partial charge in [-0.15, -0.1) is 0 Å². The number of carbonyl (C=O) groups is 1. The third-order valence-corrected chi connectivity index (χ3v) is 7.47. The van der Waals surface area contributed by atoms with Gasteiger partial charge in [0.15, 0.2) is 0 Å². The number of aliphatic hydroxyl groups is 1. The van der Waals surface area contributed by atoms with Crippen LogP contribution in [0, 0.1) is 11.6 Å². The smallest absolute Gasteiger partial charge is 0.224 e. The molecule has 0 fully saturated rings. The zero-order valence-electron chi connectivity index (χ0n) is 23.3. The Hall–Kier alpha value is -3.49. The fraction of sp³-hybridized carbons (Fsp3) is 0.406. The van der Waals surface area contributed by atoms with Gasteiger partial charge in [0.2, 0.25) is 5.91 Å². The van der Waals surface area contributed by atoms with Crippen LogP contribution in [0.3, 0.4) is 0 Å². The molecule has 3 aromatic carbocycles. The second-order valence-electron chi connectivity index (χ2n) is 10.4. The number of halogens is 2. The highest BCUT2D eigenvalue weighted by atomic mass is 19.1. The van der Waals surface area contributed by atoms with Crippen molar-refractivity contribution in [3.05, 3.63) is 94.0 Å². The maximum atomic E-state index is 13.9. The molecule has 0 spiro atoms. The van der Waals surface area contributed by atoms with Crippen molar-refractivity contribution in [1.82, 2.24) is 10.6 Å². The van der Waals surface area contributed by atoms with Crippen LogP contribution in [-0.2, 0) is 30.5 Å². The number of hydrogen-bond donors (Lipinski definition) is 3. The molecule has 3 N–H and O–H groups in total. The van der Waals surface area contributed by atoms with Crippen molar-refractivity contribution in [2.75, 3.05) is 20.8 Å². The molecule has 40 heavy (non-hydrogen) atoms. The summed E-state index contributed by atoms with van der Waals surface area (Å²) in [6.45, 7) is 2.33. The number of carbonyl (C=O) groups excluding carboxylic acids is 1. The Morgan fingerprint density at radius 1 is 0.975 bits per heavy atom. The molecule has 8 heteroatoms. The topological polar surface area (TPSA) is 79.8 Å². The number of amides is 1. The molecule has 0 aromatic heterocycles. The summed E-state index contributed by atoms with van der Waals surface area (Å²) in [5, 5.41) is 17.6. The number of nitrogens with one attached hydrogen (secondary N) is 2. The van der Waals surface area contributed by atoms with Gasteiger partial charge in [0.05, 0.1) is 32.8 Å². The molecule has 3 atom stereocenters. The van der Waals surface area contributed by atoms with E-state index in [1.54, 1.807) is 18.2 Å². The Balaban J connectivity index is 1.49. The normalized spacial score (nSPS) is 16.1. The van der Waals surface area contributed by atoms with E-state index in [1.807, 2.05) is 0 Å². The van der Waals surface area contributed by atoms with Gasteiger partial charge in [-0.05, 0) is 84.2 Å². The van der Waals surface area contributed by atoms with Crippen molar-refractivity contribution < 1.29 is 28.2 Å². The summed E-state index contributed by atoms with van der Waals surface area (Å²) in [7, 11) is 3.06. The van der Waals surface area contributed by atoms with Crippen LogP contribution in [0.25, 0.3) is 0 Å². The summed E-state index contributed by atoms with van der Waals surface area (Å²) in [5.74, 6) is -0.649. The van der Waals surface area contributed by atoms with Gasteiger partial charge in [-0.2, -0.15) is 0 Å². The van der Waals surface area contributed by atoms with Crippen LogP contribution in [0.4, 0.5) is 8.78 Å². The quantitative estimate of drug-likeness (QED) is 0.300. The lowest BCUT2D eigenvalue weighted by Gasteiger charge is -2.30. The summed E-state index contributed by atoms with van der Waals surface area (Å²) in [6.07, 6.45) is 3.02. The van der Waals surface area contributed by atoms with Gasteiger partial charge >= 0.3 is 0 Å². The number of methoxy groups -OCH3 is 2. The number of ether oxygens (including phenoxy) is 2. The van der Waals surface area contributed by atoms with E-state index in [4.69, 9.17) is 9.47 Å². The average Bonchev–Trinajstić information content (AvgIpc) is 2.94. The van der Waals surface area contributed by atoms with Crippen molar-refractivity contribution in [3.63, 3.8) is 0 Å². The Labute approximate surface area is 234 Å². The van der Waals surface area contributed by atoms with E-state index < -0.39 is 23.8 Å². The van der Waals surface area contributed by atoms with Gasteiger partial charge in [0, 0.05) is 24.7 Å². The van der Waals surface area contributed by atoms with Crippen molar-refractivity contribution >= 4 is 5.91 Å². The second kappa shape index (κ2) is 13.7. The van der Waals surface area contributed by atoms with E-state index in [0.717, 1.165) is 31.7 Å². The van der Waals surface area contributed by atoms with Crippen molar-refractivity contribution in [3.8, 4) is 11.5 Å². The van der Waals surface area contributed by atoms with Crippen LogP contribution in [0.5, 0.6) is 11.5 Å². The minimum absolute atomic E-state index is 0.0114. The molecular weight excluding hydrogens is 514 g/mol. The summed E-state index contributed by atoms with van der Waals surface area (Å²) < 4.78 is 38.5. The highest BCUT2D eigenvalue weighted by molar-refractivity contribution is 5.79. The number of hydrogen-bond acceptors (Lipinski definition) is 5. The molecule has 4 rings (SSSR count). The van der Waals surface area contributed by atoms with Crippen molar-refractivity contribution in [2.45, 2.75) is 63.6 Å². The molecule has 1 aliphatic rings. The number of benzene rings is 3. The van der Waals surface area contributed by atoms with Crippen molar-refractivity contribution in [1.29, 1.82) is 0 Å². The predicted octanol–water partition coefficient (Wildman–Crippen LogP) is 4.84. The Morgan fingerprint density at radius 3 is 2.33 bits per heavy atom. The largest absolute Gasteiger partial charge is 0.497 e. The maximum Gasteiger partial charge on any atom is 0.224 e. The van der Waals surface area contributed by atoms with Crippen molar-refractivity contribution in [2.24, 2.45) is 0 Å². The Morgan fingerprint density at radius 2 is 1.68 bits per heavy atom. The van der Waals surface area contributed by atoms with Gasteiger partial charge in [0.1, 0.15) is 23.1 Å². The number of rotatable bonds is 12. The minimum Gasteiger partial charge on any atom is -0.497 e. The van der Waals surface area contributed by atoms with Gasteiger partial charge in [-0.3, -0.25) is 4.79 Å². The molecule has 214 valence electrons. The average molecular weight is 553 g/mol. The number of aliphatic hydroxyl groups excluding tert-OH is 1. The molecule has 0 saturated heterocycles. The fourth-order valence-corrected chi connectivity index (χ4v) is 5.36. The van der Waals surface area contributed by atoms with Crippen LogP contribution >= 0.6 is 0 Å². The summed E-state index contributed by atoms with van der Waals surface area (Å²) >= 11 is 0. The van der Waals surface area contributed by atoms with E-state index in [0.29, 0.717) is 22.6 Å². The zero-order valence-corrected chi connectivity index (χ0v) is 23.3. The molecule has 1 amide bonds. The third kappa shape index (κ3) is 7.79. The van der Waals surface area contributed by atoms with Gasteiger partial charge in [-0.1, -0.05) is 25.1 Å². The highest BCUT2D eigenvalue weighted by Crippen LogP contribution is 2.31. The fourth-order valence-electron chi connectivity index (χ4n) is 5.36. The van der Waals surface area contributed by atoms with Crippen LogP contribution in [0.2, 0.25) is 0 Å².